The maximum absolute atomic E-state index is 12.8. The van der Waals surface area contributed by atoms with Gasteiger partial charge < -0.3 is 0 Å². The Hall–Kier alpha value is -1.28. The third-order valence-corrected chi connectivity index (χ3v) is 2.30. The first-order valence-corrected chi connectivity index (χ1v) is 5.52. The van der Waals surface area contributed by atoms with Crippen LogP contribution in [0.4, 0.5) is 22.0 Å². The van der Waals surface area contributed by atoms with Crippen molar-refractivity contribution in [2.45, 2.75) is 51.3 Å². The Labute approximate surface area is 100 Å². The van der Waals surface area contributed by atoms with E-state index in [1.807, 2.05) is 6.92 Å². The van der Waals surface area contributed by atoms with E-state index in [4.69, 9.17) is 0 Å². The zero-order valence-corrected chi connectivity index (χ0v) is 9.71. The van der Waals surface area contributed by atoms with Crippen LogP contribution in [-0.4, -0.2) is 26.4 Å². The minimum atomic E-state index is -5.71. The van der Waals surface area contributed by atoms with E-state index < -0.39 is 17.9 Å². The van der Waals surface area contributed by atoms with Crippen molar-refractivity contribution >= 4 is 0 Å². The van der Waals surface area contributed by atoms with Gasteiger partial charge in [-0.1, -0.05) is 26.2 Å². The van der Waals surface area contributed by atoms with Crippen LogP contribution in [0.3, 0.4) is 0 Å². The van der Waals surface area contributed by atoms with Crippen LogP contribution in [0.1, 0.15) is 38.4 Å². The van der Waals surface area contributed by atoms with Gasteiger partial charge in [-0.15, -0.1) is 10.2 Å². The van der Waals surface area contributed by atoms with Crippen LogP contribution in [0.2, 0.25) is 0 Å². The number of tetrazole rings is 1. The van der Waals surface area contributed by atoms with Crippen LogP contribution in [0.25, 0.3) is 0 Å². The second-order valence-electron chi connectivity index (χ2n) is 3.84. The molecule has 9 heteroatoms. The van der Waals surface area contributed by atoms with Gasteiger partial charge in [0.2, 0.25) is 0 Å². The Morgan fingerprint density at radius 1 is 1.06 bits per heavy atom. The molecule has 0 N–H and O–H groups in total. The largest absolute Gasteiger partial charge is 0.461 e. The molecule has 104 valence electrons. The van der Waals surface area contributed by atoms with Gasteiger partial charge in [0.25, 0.3) is 5.82 Å². The highest BCUT2D eigenvalue weighted by atomic mass is 19.4. The Bertz CT molecular complexity index is 373. The Kier molecular flexibility index (Phi) is 4.58. The highest BCUT2D eigenvalue weighted by Gasteiger charge is 2.62. The van der Waals surface area contributed by atoms with Gasteiger partial charge >= 0.3 is 12.1 Å². The first-order chi connectivity index (χ1) is 8.29. The molecule has 1 heterocycles. The molecule has 0 aliphatic rings. The van der Waals surface area contributed by atoms with Crippen molar-refractivity contribution in [1.29, 1.82) is 0 Å². The van der Waals surface area contributed by atoms with Gasteiger partial charge in [-0.3, -0.25) is 0 Å². The third kappa shape index (κ3) is 3.36. The predicted octanol–water partition coefficient (Wildman–Crippen LogP) is 2.91. The van der Waals surface area contributed by atoms with Gasteiger partial charge in [-0.05, 0) is 11.6 Å². The molecule has 1 aromatic heterocycles. The summed E-state index contributed by atoms with van der Waals surface area (Å²) in [6, 6.07) is 0. The summed E-state index contributed by atoms with van der Waals surface area (Å²) < 4.78 is 61.7. The van der Waals surface area contributed by atoms with Crippen molar-refractivity contribution in [2.75, 3.05) is 0 Å². The van der Waals surface area contributed by atoms with Gasteiger partial charge in [0, 0.05) is 0 Å². The summed E-state index contributed by atoms with van der Waals surface area (Å²) >= 11 is 0. The molecule has 0 atom stereocenters. The molecule has 18 heavy (non-hydrogen) atoms. The second-order valence-corrected chi connectivity index (χ2v) is 3.84. The molecule has 0 unspecified atom stereocenters. The standard InChI is InChI=1S/C9H13F5N4/c1-2-3-4-5-6-18-16-7(15-17-18)8(10,11)9(12,13)14/h2-6H2,1H3. The lowest BCUT2D eigenvalue weighted by Crippen LogP contribution is -2.35. The summed E-state index contributed by atoms with van der Waals surface area (Å²) in [6.07, 6.45) is -2.31. The monoisotopic (exact) mass is 272 g/mol. The maximum atomic E-state index is 12.8. The predicted molar refractivity (Wildman–Crippen MR) is 51.9 cm³/mol. The van der Waals surface area contributed by atoms with E-state index in [0.29, 0.717) is 6.42 Å². The molecular weight excluding hydrogens is 259 g/mol. The lowest BCUT2D eigenvalue weighted by molar-refractivity contribution is -0.292. The molecule has 0 saturated carbocycles. The molecule has 1 rings (SSSR count). The summed E-state index contributed by atoms with van der Waals surface area (Å²) in [7, 11) is 0. The van der Waals surface area contributed by atoms with E-state index in [9.17, 15) is 22.0 Å². The molecule has 0 spiro atoms. The molecule has 0 saturated heterocycles. The summed E-state index contributed by atoms with van der Waals surface area (Å²) in [6.45, 7) is 2.18. The number of alkyl halides is 5. The number of rotatable bonds is 6. The fraction of sp³-hybridized carbons (Fsp3) is 0.889. The minimum absolute atomic E-state index is 0.181. The highest BCUT2D eigenvalue weighted by Crippen LogP contribution is 2.41. The summed E-state index contributed by atoms with van der Waals surface area (Å²) in [5.41, 5.74) is 0. The molecule has 4 nitrogen and oxygen atoms in total. The van der Waals surface area contributed by atoms with Gasteiger partial charge in [-0.2, -0.15) is 26.7 Å². The molecule has 0 aliphatic carbocycles. The van der Waals surface area contributed by atoms with Crippen molar-refractivity contribution in [3.05, 3.63) is 5.82 Å². The van der Waals surface area contributed by atoms with Crippen molar-refractivity contribution < 1.29 is 22.0 Å². The first kappa shape index (κ1) is 14.8. The third-order valence-electron chi connectivity index (χ3n) is 2.30. The van der Waals surface area contributed by atoms with Crippen LogP contribution in [0, 0.1) is 0 Å². The Morgan fingerprint density at radius 3 is 2.28 bits per heavy atom. The van der Waals surface area contributed by atoms with E-state index >= 15 is 0 Å². The van der Waals surface area contributed by atoms with Crippen LogP contribution in [0.15, 0.2) is 0 Å². The number of hydrogen-bond donors (Lipinski definition) is 0. The van der Waals surface area contributed by atoms with Gasteiger partial charge in [0.15, 0.2) is 0 Å². The average molecular weight is 272 g/mol. The quantitative estimate of drug-likeness (QED) is 0.590. The van der Waals surface area contributed by atoms with E-state index in [1.54, 1.807) is 0 Å². The lowest BCUT2D eigenvalue weighted by atomic mass is 10.2. The number of nitrogens with zero attached hydrogens (tertiary/aromatic N) is 4. The molecular formula is C9H13F5N4. The fourth-order valence-corrected chi connectivity index (χ4v) is 1.27. The van der Waals surface area contributed by atoms with Crippen molar-refractivity contribution in [3.8, 4) is 0 Å². The van der Waals surface area contributed by atoms with Gasteiger partial charge in [0.05, 0.1) is 6.54 Å². The number of aryl methyl sites for hydroxylation is 1. The van der Waals surface area contributed by atoms with Crippen LogP contribution < -0.4 is 0 Å². The molecule has 0 fully saturated rings. The molecule has 0 aliphatic heterocycles. The fourth-order valence-electron chi connectivity index (χ4n) is 1.27. The van der Waals surface area contributed by atoms with Crippen LogP contribution in [0.5, 0.6) is 0 Å². The molecule has 0 aromatic carbocycles. The topological polar surface area (TPSA) is 43.6 Å². The van der Waals surface area contributed by atoms with E-state index in [0.717, 1.165) is 24.1 Å². The normalized spacial score (nSPS) is 13.0. The second kappa shape index (κ2) is 5.57. The average Bonchev–Trinajstić information content (AvgIpc) is 2.72. The minimum Gasteiger partial charge on any atom is -0.187 e. The smallest absolute Gasteiger partial charge is 0.187 e. The lowest BCUT2D eigenvalue weighted by Gasteiger charge is -2.14. The molecule has 0 radical (unpaired) electrons. The first-order valence-electron chi connectivity index (χ1n) is 5.52. The maximum Gasteiger partial charge on any atom is 0.461 e. The van der Waals surface area contributed by atoms with Crippen LogP contribution >= 0.6 is 0 Å². The highest BCUT2D eigenvalue weighted by molar-refractivity contribution is 4.95. The Morgan fingerprint density at radius 2 is 1.72 bits per heavy atom. The zero-order valence-electron chi connectivity index (χ0n) is 9.71. The zero-order chi connectivity index (χ0) is 13.8. The number of aromatic nitrogens is 4. The number of unbranched alkanes of at least 4 members (excludes halogenated alkanes) is 3. The van der Waals surface area contributed by atoms with Crippen molar-refractivity contribution in [3.63, 3.8) is 0 Å². The summed E-state index contributed by atoms with van der Waals surface area (Å²) in [5, 5.41) is 9.02. The van der Waals surface area contributed by atoms with E-state index in [2.05, 4.69) is 15.4 Å². The van der Waals surface area contributed by atoms with E-state index in [-0.39, 0.29) is 6.54 Å². The van der Waals surface area contributed by atoms with Crippen molar-refractivity contribution in [2.24, 2.45) is 0 Å². The van der Waals surface area contributed by atoms with E-state index in [1.165, 1.54) is 0 Å². The number of hydrogen-bond acceptors (Lipinski definition) is 3. The summed E-state index contributed by atoms with van der Waals surface area (Å²) in [4.78, 5) is 0.768. The molecule has 1 aromatic rings. The van der Waals surface area contributed by atoms with Gasteiger partial charge in [0.1, 0.15) is 0 Å². The summed E-state index contributed by atoms with van der Waals surface area (Å²) in [5.74, 6) is -6.67. The molecule has 0 bridgehead atoms. The number of halogens is 5. The molecule has 0 amide bonds. The SMILES string of the molecule is CCCCCCn1nnc(C(F)(F)C(F)(F)F)n1. The van der Waals surface area contributed by atoms with Crippen molar-refractivity contribution in [1.82, 2.24) is 20.2 Å². The van der Waals surface area contributed by atoms with Gasteiger partial charge in [-0.25, -0.2) is 0 Å². The van der Waals surface area contributed by atoms with Crippen LogP contribution in [-0.2, 0) is 12.5 Å². The Balaban J connectivity index is 2.63.